The number of nitrogens with zero attached hydrogens (tertiary/aromatic N) is 3. The number of carbonyl (C=O) groups excluding carboxylic acids is 1. The molecule has 8 nitrogen and oxygen atoms in total. The molecule has 1 amide bonds. The van der Waals surface area contributed by atoms with Gasteiger partial charge in [-0.15, -0.1) is 0 Å². The van der Waals surface area contributed by atoms with Crippen LogP contribution in [0, 0.1) is 0 Å². The van der Waals surface area contributed by atoms with Gasteiger partial charge in [0, 0.05) is 18.8 Å². The molecular formula is C18H22BrN5O3. The monoisotopic (exact) mass is 435 g/mol. The molecule has 3 aromatic rings. The SMILES string of the molecule is CC(C)c1[nH]nc(C(=O)Nc2ccc3oc(=O)n(CCN(C)C)c3c2)c1Br. The van der Waals surface area contributed by atoms with Crippen LogP contribution in [0.1, 0.15) is 35.9 Å². The number of amides is 1. The van der Waals surface area contributed by atoms with Gasteiger partial charge in [0.05, 0.1) is 15.7 Å². The fourth-order valence-electron chi connectivity index (χ4n) is 2.72. The summed E-state index contributed by atoms with van der Waals surface area (Å²) < 4.78 is 7.49. The molecule has 2 N–H and O–H groups in total. The van der Waals surface area contributed by atoms with Crippen LogP contribution in [-0.2, 0) is 6.54 Å². The average molecular weight is 436 g/mol. The highest BCUT2D eigenvalue weighted by Crippen LogP contribution is 2.26. The van der Waals surface area contributed by atoms with Crippen LogP contribution in [0.15, 0.2) is 31.9 Å². The van der Waals surface area contributed by atoms with Crippen LogP contribution in [0.3, 0.4) is 0 Å². The number of fused-ring (bicyclic) bond motifs is 1. The number of halogens is 1. The van der Waals surface area contributed by atoms with Gasteiger partial charge in [0.15, 0.2) is 11.3 Å². The van der Waals surface area contributed by atoms with Gasteiger partial charge in [-0.1, -0.05) is 13.8 Å². The van der Waals surface area contributed by atoms with E-state index in [1.165, 1.54) is 0 Å². The van der Waals surface area contributed by atoms with Gasteiger partial charge >= 0.3 is 5.76 Å². The number of nitrogens with one attached hydrogen (secondary N) is 2. The van der Waals surface area contributed by atoms with E-state index in [2.05, 4.69) is 31.4 Å². The van der Waals surface area contributed by atoms with E-state index in [9.17, 15) is 9.59 Å². The summed E-state index contributed by atoms with van der Waals surface area (Å²) in [6.07, 6.45) is 0. The molecule has 144 valence electrons. The molecule has 0 radical (unpaired) electrons. The van der Waals surface area contributed by atoms with E-state index < -0.39 is 5.76 Å². The highest BCUT2D eigenvalue weighted by atomic mass is 79.9. The summed E-state index contributed by atoms with van der Waals surface area (Å²) in [5, 5.41) is 9.82. The van der Waals surface area contributed by atoms with Crippen molar-refractivity contribution < 1.29 is 9.21 Å². The lowest BCUT2D eigenvalue weighted by Crippen LogP contribution is -2.23. The van der Waals surface area contributed by atoms with Crippen LogP contribution < -0.4 is 11.1 Å². The zero-order valence-corrected chi connectivity index (χ0v) is 17.3. The summed E-state index contributed by atoms with van der Waals surface area (Å²) in [5.74, 6) is -0.538. The van der Waals surface area contributed by atoms with Crippen molar-refractivity contribution in [2.24, 2.45) is 0 Å². The summed E-state index contributed by atoms with van der Waals surface area (Å²) in [6.45, 7) is 5.22. The molecule has 0 bridgehead atoms. The Morgan fingerprint density at radius 3 is 2.78 bits per heavy atom. The Hall–Kier alpha value is -2.39. The van der Waals surface area contributed by atoms with Gasteiger partial charge in [-0.05, 0) is 54.1 Å². The van der Waals surface area contributed by atoms with E-state index in [-0.39, 0.29) is 17.5 Å². The van der Waals surface area contributed by atoms with E-state index in [0.29, 0.717) is 34.3 Å². The second-order valence-electron chi connectivity index (χ2n) is 6.91. The molecule has 2 heterocycles. The Kier molecular flexibility index (Phi) is 5.52. The summed E-state index contributed by atoms with van der Waals surface area (Å²) in [4.78, 5) is 26.7. The summed E-state index contributed by atoms with van der Waals surface area (Å²) >= 11 is 3.43. The Labute approximate surface area is 164 Å². The van der Waals surface area contributed by atoms with Crippen molar-refractivity contribution in [1.29, 1.82) is 0 Å². The maximum Gasteiger partial charge on any atom is 0.419 e. The molecule has 9 heteroatoms. The lowest BCUT2D eigenvalue weighted by atomic mass is 10.1. The molecule has 2 aromatic heterocycles. The first-order valence-corrected chi connectivity index (χ1v) is 9.40. The number of H-pyrrole nitrogens is 1. The summed E-state index contributed by atoms with van der Waals surface area (Å²) in [7, 11) is 3.87. The predicted molar refractivity (Wildman–Crippen MR) is 107 cm³/mol. The van der Waals surface area contributed by atoms with Crippen molar-refractivity contribution in [3.05, 3.63) is 44.6 Å². The van der Waals surface area contributed by atoms with Gasteiger partial charge in [-0.3, -0.25) is 14.5 Å². The minimum absolute atomic E-state index is 0.210. The number of rotatable bonds is 6. The molecule has 0 fully saturated rings. The van der Waals surface area contributed by atoms with Crippen molar-refractivity contribution in [3.8, 4) is 0 Å². The van der Waals surface area contributed by atoms with E-state index in [1.54, 1.807) is 22.8 Å². The number of oxazole rings is 1. The van der Waals surface area contributed by atoms with Gasteiger partial charge in [0.2, 0.25) is 0 Å². The number of likely N-dealkylation sites (N-methyl/N-ethyl adjacent to an activating group) is 1. The normalized spacial score (nSPS) is 11.7. The zero-order valence-electron chi connectivity index (χ0n) is 15.7. The molecular weight excluding hydrogens is 414 g/mol. The Bertz CT molecular complexity index is 1030. The van der Waals surface area contributed by atoms with E-state index in [1.807, 2.05) is 32.8 Å². The van der Waals surface area contributed by atoms with Gasteiger partial charge in [0.1, 0.15) is 0 Å². The third kappa shape index (κ3) is 3.98. The second kappa shape index (κ2) is 7.69. The Morgan fingerprint density at radius 1 is 1.41 bits per heavy atom. The van der Waals surface area contributed by atoms with Gasteiger partial charge in [0.25, 0.3) is 5.91 Å². The third-order valence-corrected chi connectivity index (χ3v) is 5.02. The molecule has 3 rings (SSSR count). The molecule has 0 atom stereocenters. The second-order valence-corrected chi connectivity index (χ2v) is 7.71. The first kappa shape index (κ1) is 19.4. The number of benzene rings is 1. The molecule has 0 saturated carbocycles. The van der Waals surface area contributed by atoms with Gasteiger partial charge < -0.3 is 14.6 Å². The molecule has 27 heavy (non-hydrogen) atoms. The summed E-state index contributed by atoms with van der Waals surface area (Å²) in [6, 6.07) is 5.11. The largest absolute Gasteiger partial charge is 0.419 e. The van der Waals surface area contributed by atoms with Crippen LogP contribution in [0.25, 0.3) is 11.1 Å². The van der Waals surface area contributed by atoms with Crippen molar-refractivity contribution in [1.82, 2.24) is 19.7 Å². The van der Waals surface area contributed by atoms with Crippen LogP contribution in [0.5, 0.6) is 0 Å². The molecule has 0 unspecified atom stereocenters. The smallest absolute Gasteiger partial charge is 0.408 e. The predicted octanol–water partition coefficient (Wildman–Crippen LogP) is 3.02. The highest BCUT2D eigenvalue weighted by molar-refractivity contribution is 9.10. The van der Waals surface area contributed by atoms with Gasteiger partial charge in [-0.25, -0.2) is 4.79 Å². The number of carbonyl (C=O) groups is 1. The quantitative estimate of drug-likeness (QED) is 0.620. The fourth-order valence-corrected chi connectivity index (χ4v) is 3.53. The van der Waals surface area contributed by atoms with Crippen molar-refractivity contribution in [3.63, 3.8) is 0 Å². The van der Waals surface area contributed by atoms with Crippen LogP contribution >= 0.6 is 15.9 Å². The van der Waals surface area contributed by atoms with E-state index in [0.717, 1.165) is 5.69 Å². The molecule has 0 aliphatic rings. The maximum atomic E-state index is 12.6. The number of aromatic nitrogens is 3. The minimum atomic E-state index is -0.410. The number of anilines is 1. The average Bonchev–Trinajstić information content (AvgIpc) is 3.12. The topological polar surface area (TPSA) is 96.2 Å². The maximum absolute atomic E-state index is 12.6. The minimum Gasteiger partial charge on any atom is -0.408 e. The molecule has 1 aromatic carbocycles. The van der Waals surface area contributed by atoms with E-state index in [4.69, 9.17) is 4.42 Å². The van der Waals surface area contributed by atoms with E-state index >= 15 is 0 Å². The Balaban J connectivity index is 1.88. The van der Waals surface area contributed by atoms with Crippen LogP contribution in [-0.4, -0.2) is 46.2 Å². The molecule has 0 saturated heterocycles. The molecule has 0 aliphatic heterocycles. The lowest BCUT2D eigenvalue weighted by molar-refractivity contribution is 0.102. The van der Waals surface area contributed by atoms with Crippen LogP contribution in [0.4, 0.5) is 5.69 Å². The third-order valence-electron chi connectivity index (χ3n) is 4.22. The first-order valence-electron chi connectivity index (χ1n) is 8.61. The highest BCUT2D eigenvalue weighted by Gasteiger charge is 2.20. The first-order chi connectivity index (χ1) is 12.8. The number of hydrogen-bond donors (Lipinski definition) is 2. The zero-order chi connectivity index (χ0) is 19.7. The van der Waals surface area contributed by atoms with Crippen molar-refractivity contribution in [2.75, 3.05) is 26.0 Å². The fraction of sp³-hybridized carbons (Fsp3) is 0.389. The molecule has 0 aliphatic carbocycles. The number of aromatic amines is 1. The van der Waals surface area contributed by atoms with Crippen LogP contribution in [0.2, 0.25) is 0 Å². The standard InChI is InChI=1S/C18H22BrN5O3/c1-10(2)15-14(19)16(22-21-15)17(25)20-11-5-6-13-12(9-11)24(18(26)27-13)8-7-23(3)4/h5-6,9-10H,7-8H2,1-4H3,(H,20,25)(H,21,22). The van der Waals surface area contributed by atoms with Gasteiger partial charge in [-0.2, -0.15) is 5.10 Å². The summed E-state index contributed by atoms with van der Waals surface area (Å²) in [5.41, 5.74) is 2.84. The molecule has 0 spiro atoms. The van der Waals surface area contributed by atoms with Crippen molar-refractivity contribution in [2.45, 2.75) is 26.3 Å². The lowest BCUT2D eigenvalue weighted by Gasteiger charge is -2.10. The Morgan fingerprint density at radius 2 is 2.15 bits per heavy atom. The van der Waals surface area contributed by atoms with Crippen molar-refractivity contribution >= 4 is 38.6 Å². The number of hydrogen-bond acceptors (Lipinski definition) is 5.